The van der Waals surface area contributed by atoms with Crippen molar-refractivity contribution in [3.8, 4) is 5.75 Å². The summed E-state index contributed by atoms with van der Waals surface area (Å²) < 4.78 is 5.27. The Kier molecular flexibility index (Phi) is 9.72. The van der Waals surface area contributed by atoms with Crippen molar-refractivity contribution < 1.29 is 21.7 Å². The van der Waals surface area contributed by atoms with Crippen LogP contribution in [-0.4, -0.2) is 29.7 Å². The summed E-state index contributed by atoms with van der Waals surface area (Å²) in [6.07, 6.45) is 0. The van der Waals surface area contributed by atoms with Crippen LogP contribution >= 0.6 is 0 Å². The molecule has 0 spiro atoms. The molecule has 0 aliphatic heterocycles. The van der Waals surface area contributed by atoms with Gasteiger partial charge in [0, 0.05) is 5.75 Å². The summed E-state index contributed by atoms with van der Waals surface area (Å²) in [4.78, 5) is 0. The maximum Gasteiger partial charge on any atom is 2.00 e. The third kappa shape index (κ3) is 5.01. The topological polar surface area (TPSA) is 9.23 Å². The molecule has 0 amide bonds. The number of hydrogen-bond donors (Lipinski definition) is 0. The van der Waals surface area contributed by atoms with E-state index in [1.54, 1.807) is 0 Å². The molecule has 3 heteroatoms. The molecule has 0 aliphatic carbocycles. The summed E-state index contributed by atoms with van der Waals surface area (Å²) >= 11 is 0. The van der Waals surface area contributed by atoms with Gasteiger partial charge < -0.3 is 21.7 Å². The fraction of sp³-hybridized carbons (Fsp3) is 0.333. The standard InChI is InChI=1S/C9H11O.BrH.Mg/c1-3-10-9-6-4-5-8(2)7-9;;/h4,6-7H,3H2,1-2H3;1H;/q-1;;+2/p-1. The third-order valence-electron chi connectivity index (χ3n) is 1.23. The van der Waals surface area contributed by atoms with Gasteiger partial charge in [0.1, 0.15) is 0 Å². The summed E-state index contributed by atoms with van der Waals surface area (Å²) in [6.45, 7) is 4.71. The zero-order valence-electron chi connectivity index (χ0n) is 7.43. The first-order valence-corrected chi connectivity index (χ1v) is 3.44. The minimum atomic E-state index is 0. The summed E-state index contributed by atoms with van der Waals surface area (Å²) in [5.74, 6) is 0.929. The minimum Gasteiger partial charge on any atom is -1.00 e. The van der Waals surface area contributed by atoms with Crippen LogP contribution in [0.3, 0.4) is 0 Å². The molecule has 0 saturated carbocycles. The van der Waals surface area contributed by atoms with Gasteiger partial charge in [-0.2, -0.15) is 17.7 Å². The van der Waals surface area contributed by atoms with Crippen molar-refractivity contribution in [2.45, 2.75) is 13.8 Å². The maximum atomic E-state index is 5.27. The fourth-order valence-electron chi connectivity index (χ4n) is 0.815. The van der Waals surface area contributed by atoms with Crippen LogP contribution in [0.25, 0.3) is 0 Å². The van der Waals surface area contributed by atoms with Crippen molar-refractivity contribution in [2.24, 2.45) is 0 Å². The van der Waals surface area contributed by atoms with E-state index in [0.29, 0.717) is 0 Å². The van der Waals surface area contributed by atoms with Crippen molar-refractivity contribution in [3.63, 3.8) is 0 Å². The number of hydrogen-bond acceptors (Lipinski definition) is 1. The van der Waals surface area contributed by atoms with E-state index in [0.717, 1.165) is 17.9 Å². The average molecular weight is 239 g/mol. The fourth-order valence-corrected chi connectivity index (χ4v) is 0.815. The largest absolute Gasteiger partial charge is 2.00 e. The van der Waals surface area contributed by atoms with Gasteiger partial charge in [0.2, 0.25) is 0 Å². The van der Waals surface area contributed by atoms with Crippen molar-refractivity contribution in [2.75, 3.05) is 6.61 Å². The van der Waals surface area contributed by atoms with Crippen LogP contribution in [0.5, 0.6) is 5.75 Å². The Morgan fingerprint density at radius 1 is 1.50 bits per heavy atom. The Morgan fingerprint density at radius 3 is 2.67 bits per heavy atom. The Morgan fingerprint density at radius 2 is 2.17 bits per heavy atom. The molecule has 1 rings (SSSR count). The van der Waals surface area contributed by atoms with Gasteiger partial charge in [-0.25, -0.2) is 0 Å². The number of ether oxygens (including phenoxy) is 1. The molecule has 1 aromatic carbocycles. The van der Waals surface area contributed by atoms with Crippen LogP contribution in [-0.2, 0) is 0 Å². The van der Waals surface area contributed by atoms with Crippen LogP contribution in [0.4, 0.5) is 0 Å². The first kappa shape index (κ1) is 14.8. The molecule has 0 aliphatic rings. The van der Waals surface area contributed by atoms with E-state index in [4.69, 9.17) is 4.74 Å². The van der Waals surface area contributed by atoms with E-state index in [2.05, 4.69) is 6.07 Å². The van der Waals surface area contributed by atoms with Gasteiger partial charge in [-0.15, -0.1) is 12.1 Å². The van der Waals surface area contributed by atoms with Gasteiger partial charge in [-0.1, -0.05) is 6.92 Å². The molecule has 0 unspecified atom stereocenters. The van der Waals surface area contributed by atoms with Gasteiger partial charge in [0.25, 0.3) is 0 Å². The Labute approximate surface area is 100 Å². The SMILES string of the molecule is CCOc1cc[c-]c(C)c1.[Br-].[Mg+2]. The van der Waals surface area contributed by atoms with Gasteiger partial charge in [-0.05, 0) is 6.92 Å². The predicted octanol–water partition coefficient (Wildman–Crippen LogP) is -1.18. The number of halogens is 1. The van der Waals surface area contributed by atoms with Crippen molar-refractivity contribution in [1.29, 1.82) is 0 Å². The zero-order chi connectivity index (χ0) is 7.40. The van der Waals surface area contributed by atoms with Gasteiger partial charge in [0.15, 0.2) is 0 Å². The monoisotopic (exact) mass is 238 g/mol. The molecule has 1 nitrogen and oxygen atoms in total. The summed E-state index contributed by atoms with van der Waals surface area (Å²) in [5, 5.41) is 0. The zero-order valence-corrected chi connectivity index (χ0v) is 10.4. The smallest absolute Gasteiger partial charge is 1.00 e. The Hall–Kier alpha value is 0.266. The number of aryl methyl sites for hydroxylation is 1. The second-order valence-corrected chi connectivity index (χ2v) is 2.14. The molecule has 0 radical (unpaired) electrons. The summed E-state index contributed by atoms with van der Waals surface area (Å²) in [5.41, 5.74) is 1.12. The molecule has 0 heterocycles. The first-order chi connectivity index (χ1) is 4.83. The molecule has 62 valence electrons. The molecule has 0 aromatic heterocycles. The van der Waals surface area contributed by atoms with Gasteiger partial charge in [0.05, 0.1) is 6.61 Å². The van der Waals surface area contributed by atoms with Gasteiger partial charge in [-0.3, -0.25) is 0 Å². The van der Waals surface area contributed by atoms with E-state index < -0.39 is 0 Å². The van der Waals surface area contributed by atoms with Crippen LogP contribution in [0, 0.1) is 13.0 Å². The molecule has 12 heavy (non-hydrogen) atoms. The van der Waals surface area contributed by atoms with E-state index in [1.807, 2.05) is 32.0 Å². The van der Waals surface area contributed by atoms with E-state index in [-0.39, 0.29) is 40.0 Å². The van der Waals surface area contributed by atoms with Crippen molar-refractivity contribution in [1.82, 2.24) is 0 Å². The Balaban J connectivity index is 0. The minimum absolute atomic E-state index is 0. The first-order valence-electron chi connectivity index (χ1n) is 3.44. The molecular weight excluding hydrogens is 228 g/mol. The quantitative estimate of drug-likeness (QED) is 0.466. The van der Waals surface area contributed by atoms with Crippen molar-refractivity contribution in [3.05, 3.63) is 29.8 Å². The molecule has 0 bridgehead atoms. The maximum absolute atomic E-state index is 5.27. The number of benzene rings is 1. The second kappa shape index (κ2) is 7.89. The van der Waals surface area contributed by atoms with E-state index >= 15 is 0 Å². The summed E-state index contributed by atoms with van der Waals surface area (Å²) in [7, 11) is 0. The molecule has 0 N–H and O–H groups in total. The molecule has 0 atom stereocenters. The predicted molar refractivity (Wildman–Crippen MR) is 46.9 cm³/mol. The van der Waals surface area contributed by atoms with Crippen LogP contribution in [0.2, 0.25) is 0 Å². The number of rotatable bonds is 2. The summed E-state index contributed by atoms with van der Waals surface area (Å²) in [6, 6.07) is 8.81. The van der Waals surface area contributed by atoms with Crippen molar-refractivity contribution >= 4 is 23.1 Å². The third-order valence-corrected chi connectivity index (χ3v) is 1.23. The molecule has 0 saturated heterocycles. The normalized spacial score (nSPS) is 7.83. The van der Waals surface area contributed by atoms with E-state index in [9.17, 15) is 0 Å². The molecule has 0 fully saturated rings. The van der Waals surface area contributed by atoms with E-state index in [1.165, 1.54) is 0 Å². The molecule has 1 aromatic rings. The van der Waals surface area contributed by atoms with Crippen LogP contribution < -0.4 is 21.7 Å². The molecular formula is C9H11BrMgO. The average Bonchev–Trinajstić information content (AvgIpc) is 1.88. The second-order valence-electron chi connectivity index (χ2n) is 2.14. The van der Waals surface area contributed by atoms with Crippen LogP contribution in [0.1, 0.15) is 12.5 Å². The van der Waals surface area contributed by atoms with Crippen LogP contribution in [0.15, 0.2) is 18.2 Å². The van der Waals surface area contributed by atoms with Gasteiger partial charge >= 0.3 is 23.1 Å². The Bertz CT molecular complexity index is 215.